The number of nitrogens with zero attached hydrogens (tertiary/aromatic N) is 2. The van der Waals surface area contributed by atoms with Gasteiger partial charge in [-0.3, -0.25) is 10.1 Å². The second-order valence-electron chi connectivity index (χ2n) is 6.39. The molecular formula is C20H21N3O2. The average Bonchev–Trinajstić information content (AvgIpc) is 3.01. The first kappa shape index (κ1) is 16.9. The number of aromatic nitrogens is 2. The van der Waals surface area contributed by atoms with E-state index in [2.05, 4.69) is 15.5 Å². The molecule has 0 unspecified atom stereocenters. The van der Waals surface area contributed by atoms with Gasteiger partial charge < -0.3 is 4.42 Å². The third-order valence-corrected chi connectivity index (χ3v) is 4.15. The minimum atomic E-state index is -0.176. The molecule has 3 aromatic rings. The van der Waals surface area contributed by atoms with E-state index in [1.54, 1.807) is 0 Å². The molecule has 0 aliphatic rings. The number of nitrogens with one attached hydrogen (secondary N) is 1. The molecule has 0 aliphatic heterocycles. The molecule has 5 nitrogen and oxygen atoms in total. The zero-order valence-electron chi connectivity index (χ0n) is 14.9. The van der Waals surface area contributed by atoms with Crippen molar-refractivity contribution in [2.24, 2.45) is 0 Å². The topological polar surface area (TPSA) is 68.0 Å². The zero-order valence-corrected chi connectivity index (χ0v) is 14.9. The van der Waals surface area contributed by atoms with Crippen molar-refractivity contribution in [3.8, 4) is 11.5 Å². The highest BCUT2D eigenvalue weighted by atomic mass is 16.4. The lowest BCUT2D eigenvalue weighted by atomic mass is 10.0. The first-order chi connectivity index (χ1) is 11.9. The summed E-state index contributed by atoms with van der Waals surface area (Å²) in [6.45, 7) is 7.99. The van der Waals surface area contributed by atoms with E-state index in [1.165, 1.54) is 0 Å². The summed E-state index contributed by atoms with van der Waals surface area (Å²) in [6.07, 6.45) is 0.273. The number of carbonyl (C=O) groups is 1. The lowest BCUT2D eigenvalue weighted by Gasteiger charge is -2.06. The van der Waals surface area contributed by atoms with Crippen LogP contribution in [-0.2, 0) is 11.2 Å². The number of benzene rings is 2. The fourth-order valence-corrected chi connectivity index (χ4v) is 2.68. The van der Waals surface area contributed by atoms with Gasteiger partial charge in [0.1, 0.15) is 0 Å². The van der Waals surface area contributed by atoms with Gasteiger partial charge in [-0.1, -0.05) is 46.6 Å². The van der Waals surface area contributed by atoms with Crippen LogP contribution in [0, 0.1) is 27.7 Å². The van der Waals surface area contributed by atoms with Crippen molar-refractivity contribution >= 4 is 11.9 Å². The Bertz CT molecular complexity index is 928. The minimum Gasteiger partial charge on any atom is -0.403 e. The van der Waals surface area contributed by atoms with Gasteiger partial charge in [0.25, 0.3) is 0 Å². The highest BCUT2D eigenvalue weighted by molar-refractivity contribution is 5.90. The molecular weight excluding hydrogens is 314 g/mol. The zero-order chi connectivity index (χ0) is 18.0. The Morgan fingerprint density at radius 3 is 2.40 bits per heavy atom. The first-order valence-electron chi connectivity index (χ1n) is 8.19. The van der Waals surface area contributed by atoms with Gasteiger partial charge in [0.2, 0.25) is 11.8 Å². The van der Waals surface area contributed by atoms with E-state index >= 15 is 0 Å². The highest BCUT2D eigenvalue weighted by Gasteiger charge is 2.14. The molecule has 3 rings (SSSR count). The van der Waals surface area contributed by atoms with E-state index in [0.717, 1.165) is 33.4 Å². The maximum atomic E-state index is 12.3. The van der Waals surface area contributed by atoms with Gasteiger partial charge >= 0.3 is 6.01 Å². The number of hydrogen-bond donors (Lipinski definition) is 1. The summed E-state index contributed by atoms with van der Waals surface area (Å²) in [6, 6.07) is 12.2. The van der Waals surface area contributed by atoms with Crippen LogP contribution in [0.25, 0.3) is 11.5 Å². The Morgan fingerprint density at radius 1 is 0.960 bits per heavy atom. The Morgan fingerprint density at radius 2 is 1.64 bits per heavy atom. The number of anilines is 1. The summed E-state index contributed by atoms with van der Waals surface area (Å²) in [4.78, 5) is 12.3. The monoisotopic (exact) mass is 335 g/mol. The summed E-state index contributed by atoms with van der Waals surface area (Å²) >= 11 is 0. The SMILES string of the molecule is Cc1ccc(C)c(CC(=O)Nc2nnc(-c3cc(C)ccc3C)o2)c1. The first-order valence-corrected chi connectivity index (χ1v) is 8.19. The van der Waals surface area contributed by atoms with E-state index in [1.807, 2.05) is 64.1 Å². The van der Waals surface area contributed by atoms with Gasteiger partial charge in [0.15, 0.2) is 0 Å². The molecule has 0 bridgehead atoms. The van der Waals surface area contributed by atoms with Gasteiger partial charge in [0.05, 0.1) is 6.42 Å². The molecule has 0 radical (unpaired) electrons. The molecule has 1 aromatic heterocycles. The molecule has 0 spiro atoms. The summed E-state index contributed by atoms with van der Waals surface area (Å²) in [7, 11) is 0. The quantitative estimate of drug-likeness (QED) is 0.777. The molecule has 2 aromatic carbocycles. The highest BCUT2D eigenvalue weighted by Crippen LogP contribution is 2.24. The van der Waals surface area contributed by atoms with Crippen LogP contribution in [0.3, 0.4) is 0 Å². The van der Waals surface area contributed by atoms with E-state index in [0.29, 0.717) is 5.89 Å². The number of rotatable bonds is 4. The fraction of sp³-hybridized carbons (Fsp3) is 0.250. The minimum absolute atomic E-state index is 0.117. The number of amides is 1. The lowest BCUT2D eigenvalue weighted by Crippen LogP contribution is -2.15. The number of carbonyl (C=O) groups excluding carboxylic acids is 1. The molecule has 128 valence electrons. The van der Waals surface area contributed by atoms with Crippen LogP contribution in [0.4, 0.5) is 6.01 Å². The van der Waals surface area contributed by atoms with Crippen molar-refractivity contribution in [2.45, 2.75) is 34.1 Å². The van der Waals surface area contributed by atoms with Crippen molar-refractivity contribution in [1.29, 1.82) is 0 Å². The molecule has 1 amide bonds. The maximum Gasteiger partial charge on any atom is 0.322 e. The number of hydrogen-bond acceptors (Lipinski definition) is 4. The second-order valence-corrected chi connectivity index (χ2v) is 6.39. The molecule has 0 aliphatic carbocycles. The van der Waals surface area contributed by atoms with E-state index in [9.17, 15) is 4.79 Å². The smallest absolute Gasteiger partial charge is 0.322 e. The van der Waals surface area contributed by atoms with Crippen LogP contribution in [-0.4, -0.2) is 16.1 Å². The van der Waals surface area contributed by atoms with Crippen LogP contribution in [0.15, 0.2) is 40.8 Å². The molecule has 0 fully saturated rings. The van der Waals surface area contributed by atoms with Crippen LogP contribution >= 0.6 is 0 Å². The third kappa shape index (κ3) is 3.94. The standard InChI is InChI=1S/C20H21N3O2/c1-12-5-7-14(3)16(9-12)11-18(24)21-20-23-22-19(25-20)17-10-13(2)6-8-15(17)4/h5-10H,11H2,1-4H3,(H,21,23,24). The molecule has 5 heteroatoms. The van der Waals surface area contributed by atoms with Crippen LogP contribution in [0.2, 0.25) is 0 Å². The van der Waals surface area contributed by atoms with Crippen molar-refractivity contribution in [1.82, 2.24) is 10.2 Å². The largest absolute Gasteiger partial charge is 0.403 e. The maximum absolute atomic E-state index is 12.3. The average molecular weight is 335 g/mol. The van der Waals surface area contributed by atoms with Crippen LogP contribution in [0.1, 0.15) is 27.8 Å². The molecule has 0 saturated heterocycles. The van der Waals surface area contributed by atoms with E-state index in [-0.39, 0.29) is 18.3 Å². The van der Waals surface area contributed by atoms with Crippen molar-refractivity contribution in [3.05, 3.63) is 64.2 Å². The van der Waals surface area contributed by atoms with E-state index < -0.39 is 0 Å². The second kappa shape index (κ2) is 6.89. The number of aryl methyl sites for hydroxylation is 4. The van der Waals surface area contributed by atoms with Crippen molar-refractivity contribution in [2.75, 3.05) is 5.32 Å². The van der Waals surface area contributed by atoms with Gasteiger partial charge in [0, 0.05) is 5.56 Å². The van der Waals surface area contributed by atoms with Gasteiger partial charge in [-0.05, 0) is 50.5 Å². The molecule has 1 heterocycles. The van der Waals surface area contributed by atoms with Gasteiger partial charge in [-0.25, -0.2) is 0 Å². The summed E-state index contributed by atoms with van der Waals surface area (Å²) < 4.78 is 5.61. The molecule has 0 atom stereocenters. The van der Waals surface area contributed by atoms with Gasteiger partial charge in [-0.2, -0.15) is 0 Å². The third-order valence-electron chi connectivity index (χ3n) is 4.15. The van der Waals surface area contributed by atoms with Gasteiger partial charge in [-0.15, -0.1) is 5.10 Å². The Balaban J connectivity index is 1.74. The summed E-state index contributed by atoms with van der Waals surface area (Å²) in [5.74, 6) is 0.230. The predicted octanol–water partition coefficient (Wildman–Crippen LogP) is 4.15. The van der Waals surface area contributed by atoms with E-state index in [4.69, 9.17) is 4.42 Å². The Labute approximate surface area is 147 Å². The predicted molar refractivity (Wildman–Crippen MR) is 97.5 cm³/mol. The molecule has 0 saturated carbocycles. The van der Waals surface area contributed by atoms with Crippen molar-refractivity contribution < 1.29 is 9.21 Å². The van der Waals surface area contributed by atoms with Crippen LogP contribution in [0.5, 0.6) is 0 Å². The van der Waals surface area contributed by atoms with Crippen LogP contribution < -0.4 is 5.32 Å². The summed E-state index contributed by atoms with van der Waals surface area (Å²) in [5.41, 5.74) is 6.24. The fourth-order valence-electron chi connectivity index (χ4n) is 2.68. The molecule has 25 heavy (non-hydrogen) atoms. The van der Waals surface area contributed by atoms with Crippen molar-refractivity contribution in [3.63, 3.8) is 0 Å². The summed E-state index contributed by atoms with van der Waals surface area (Å²) in [5, 5.41) is 10.7. The Kier molecular flexibility index (Phi) is 4.65. The molecule has 1 N–H and O–H groups in total. The normalized spacial score (nSPS) is 10.7. The lowest BCUT2D eigenvalue weighted by molar-refractivity contribution is -0.115. The Hall–Kier alpha value is -2.95.